The van der Waals surface area contributed by atoms with Crippen molar-refractivity contribution in [3.63, 3.8) is 0 Å². The minimum absolute atomic E-state index is 0.0601. The average Bonchev–Trinajstić information content (AvgIpc) is 2.70. The summed E-state index contributed by atoms with van der Waals surface area (Å²) in [7, 11) is 0. The third-order valence-electron chi connectivity index (χ3n) is 4.32. The van der Waals surface area contributed by atoms with Gasteiger partial charge < -0.3 is 9.47 Å². The van der Waals surface area contributed by atoms with Gasteiger partial charge in [-0.15, -0.1) is 0 Å². The van der Waals surface area contributed by atoms with Crippen molar-refractivity contribution in [2.75, 3.05) is 19.8 Å². The largest absolute Gasteiger partial charge is 0.494 e. The van der Waals surface area contributed by atoms with E-state index in [1.807, 2.05) is 37.3 Å². The van der Waals surface area contributed by atoms with Crippen LogP contribution in [-0.2, 0) is 19.1 Å². The summed E-state index contributed by atoms with van der Waals surface area (Å²) in [4.78, 5) is 37.3. The van der Waals surface area contributed by atoms with Gasteiger partial charge in [0.15, 0.2) is 0 Å². The first-order valence-corrected chi connectivity index (χ1v) is 9.44. The molecule has 1 heterocycles. The molecule has 2 amide bonds. The lowest BCUT2D eigenvalue weighted by atomic mass is 9.93. The Hall–Kier alpha value is -3.40. The van der Waals surface area contributed by atoms with Crippen LogP contribution in [0.3, 0.4) is 0 Å². The van der Waals surface area contributed by atoms with Crippen molar-refractivity contribution in [3.05, 3.63) is 46.5 Å². The van der Waals surface area contributed by atoms with E-state index < -0.39 is 17.8 Å². The van der Waals surface area contributed by atoms with Crippen LogP contribution in [0.4, 0.5) is 0 Å². The smallest absolute Gasteiger partial charge is 0.302 e. The number of carbonyl (C=O) groups excluding carboxylic acids is 3. The van der Waals surface area contributed by atoms with Crippen LogP contribution < -0.4 is 4.74 Å². The summed E-state index contributed by atoms with van der Waals surface area (Å²) >= 11 is 0. The number of esters is 1. The molecule has 7 nitrogen and oxygen atoms in total. The molecule has 1 aromatic carbocycles. The number of hydrogen-bond donors (Lipinski definition) is 0. The average molecular weight is 396 g/mol. The summed E-state index contributed by atoms with van der Waals surface area (Å²) in [6.07, 6.45) is 2.86. The van der Waals surface area contributed by atoms with E-state index in [2.05, 4.69) is 0 Å². The fourth-order valence-electron chi connectivity index (χ4n) is 2.82. The molecule has 0 unspecified atom stereocenters. The molecule has 1 aromatic rings. The molecule has 29 heavy (non-hydrogen) atoms. The Kier molecular flexibility index (Phi) is 7.72. The normalized spacial score (nSPS) is 15.5. The lowest BCUT2D eigenvalue weighted by Crippen LogP contribution is -2.43. The molecule has 0 fully saturated rings. The van der Waals surface area contributed by atoms with Gasteiger partial charge in [0.2, 0.25) is 0 Å². The van der Waals surface area contributed by atoms with Gasteiger partial charge in [-0.25, -0.2) is 0 Å². The highest BCUT2D eigenvalue weighted by molar-refractivity contribution is 6.19. The van der Waals surface area contributed by atoms with Gasteiger partial charge in [0.25, 0.3) is 11.8 Å². The lowest BCUT2D eigenvalue weighted by Gasteiger charge is -2.27. The summed E-state index contributed by atoms with van der Waals surface area (Å²) in [6.45, 7) is 5.68. The van der Waals surface area contributed by atoms with E-state index in [9.17, 15) is 19.6 Å². The molecule has 0 bridgehead atoms. The van der Waals surface area contributed by atoms with Gasteiger partial charge in [-0.3, -0.25) is 19.3 Å². The molecule has 0 aromatic heterocycles. The molecule has 0 spiro atoms. The number of rotatable bonds is 8. The molecule has 1 aliphatic heterocycles. The molecule has 0 saturated carbocycles. The van der Waals surface area contributed by atoms with E-state index in [-0.39, 0.29) is 24.3 Å². The molecule has 7 heteroatoms. The Morgan fingerprint density at radius 3 is 2.45 bits per heavy atom. The number of ether oxygens (including phenoxy) is 2. The van der Waals surface area contributed by atoms with Gasteiger partial charge in [-0.05, 0) is 49.1 Å². The summed E-state index contributed by atoms with van der Waals surface area (Å²) in [5.74, 6) is -0.795. The number of carbonyl (C=O) groups is 3. The third-order valence-corrected chi connectivity index (χ3v) is 4.32. The number of imide groups is 1. The number of amides is 2. The molecule has 0 atom stereocenters. The highest BCUT2D eigenvalue weighted by Crippen LogP contribution is 2.27. The molecule has 0 saturated heterocycles. The number of benzene rings is 1. The van der Waals surface area contributed by atoms with E-state index in [0.29, 0.717) is 18.6 Å². The minimum atomic E-state index is -0.627. The van der Waals surface area contributed by atoms with E-state index in [1.165, 1.54) is 6.92 Å². The standard InChI is InChI=1S/C22H24N2O5/c1-4-11-29-18-8-6-17(7-9-18)13-19-15(2)20(14-23)22(27)24(21(19)26)10-5-12-28-16(3)25/h6-9,13H,4-5,10-12H2,1-3H3/b19-13+. The van der Waals surface area contributed by atoms with Crippen LogP contribution in [0.15, 0.2) is 41.0 Å². The number of hydrogen-bond acceptors (Lipinski definition) is 6. The molecule has 0 N–H and O–H groups in total. The van der Waals surface area contributed by atoms with E-state index in [0.717, 1.165) is 22.6 Å². The Morgan fingerprint density at radius 2 is 1.86 bits per heavy atom. The van der Waals surface area contributed by atoms with Crippen LogP contribution in [0.5, 0.6) is 5.75 Å². The topological polar surface area (TPSA) is 96.7 Å². The van der Waals surface area contributed by atoms with Crippen molar-refractivity contribution in [3.8, 4) is 11.8 Å². The summed E-state index contributed by atoms with van der Waals surface area (Å²) < 4.78 is 10.4. The van der Waals surface area contributed by atoms with Crippen molar-refractivity contribution in [1.29, 1.82) is 5.26 Å². The van der Waals surface area contributed by atoms with E-state index in [1.54, 1.807) is 13.0 Å². The van der Waals surface area contributed by atoms with Crippen LogP contribution in [0.2, 0.25) is 0 Å². The number of nitrogens with zero attached hydrogens (tertiary/aromatic N) is 2. The second-order valence-corrected chi connectivity index (χ2v) is 6.54. The molecule has 2 rings (SSSR count). The molecular weight excluding hydrogens is 372 g/mol. The zero-order chi connectivity index (χ0) is 21.4. The Balaban J connectivity index is 2.26. The predicted molar refractivity (Wildman–Crippen MR) is 106 cm³/mol. The fourth-order valence-corrected chi connectivity index (χ4v) is 2.82. The highest BCUT2D eigenvalue weighted by atomic mass is 16.5. The third kappa shape index (κ3) is 5.55. The van der Waals surface area contributed by atoms with E-state index >= 15 is 0 Å². The van der Waals surface area contributed by atoms with Gasteiger partial charge in [-0.1, -0.05) is 19.1 Å². The molecule has 0 aliphatic carbocycles. The Bertz CT molecular complexity index is 891. The van der Waals surface area contributed by atoms with Gasteiger partial charge in [0.1, 0.15) is 17.4 Å². The second-order valence-electron chi connectivity index (χ2n) is 6.54. The van der Waals surface area contributed by atoms with Gasteiger partial charge >= 0.3 is 5.97 Å². The molecule has 0 radical (unpaired) electrons. The SMILES string of the molecule is CCCOc1ccc(/C=C2/C(=O)N(CCCOC(C)=O)C(=O)C(C#N)=C2C)cc1. The van der Waals surface area contributed by atoms with Crippen molar-refractivity contribution in [2.45, 2.75) is 33.6 Å². The quantitative estimate of drug-likeness (QED) is 0.290. The van der Waals surface area contributed by atoms with Crippen molar-refractivity contribution < 1.29 is 23.9 Å². The molecular formula is C22H24N2O5. The van der Waals surface area contributed by atoms with Gasteiger partial charge in [-0.2, -0.15) is 5.26 Å². The van der Waals surface area contributed by atoms with Crippen LogP contribution >= 0.6 is 0 Å². The number of nitriles is 1. The Morgan fingerprint density at radius 1 is 1.17 bits per heavy atom. The van der Waals surface area contributed by atoms with Crippen molar-refractivity contribution in [2.24, 2.45) is 0 Å². The van der Waals surface area contributed by atoms with E-state index in [4.69, 9.17) is 9.47 Å². The first kappa shape index (κ1) is 21.9. The van der Waals surface area contributed by atoms with Crippen LogP contribution in [-0.4, -0.2) is 42.4 Å². The highest BCUT2D eigenvalue weighted by Gasteiger charge is 2.35. The monoisotopic (exact) mass is 396 g/mol. The lowest BCUT2D eigenvalue weighted by molar-refractivity contribution is -0.141. The first-order chi connectivity index (χ1) is 13.9. The fraction of sp³-hybridized carbons (Fsp3) is 0.364. The maximum atomic E-state index is 12.9. The zero-order valence-electron chi connectivity index (χ0n) is 16.9. The van der Waals surface area contributed by atoms with Crippen LogP contribution in [0.1, 0.15) is 39.2 Å². The minimum Gasteiger partial charge on any atom is -0.494 e. The maximum absolute atomic E-state index is 12.9. The van der Waals surface area contributed by atoms with Gasteiger partial charge in [0.05, 0.1) is 13.2 Å². The van der Waals surface area contributed by atoms with Crippen LogP contribution in [0.25, 0.3) is 6.08 Å². The van der Waals surface area contributed by atoms with Crippen molar-refractivity contribution >= 4 is 23.9 Å². The van der Waals surface area contributed by atoms with Crippen LogP contribution in [0, 0.1) is 11.3 Å². The predicted octanol–water partition coefficient (Wildman–Crippen LogP) is 3.02. The maximum Gasteiger partial charge on any atom is 0.302 e. The first-order valence-electron chi connectivity index (χ1n) is 9.44. The van der Waals surface area contributed by atoms with Gasteiger partial charge in [0, 0.05) is 19.0 Å². The van der Waals surface area contributed by atoms with Crippen molar-refractivity contribution in [1.82, 2.24) is 4.90 Å². The second kappa shape index (κ2) is 10.2. The summed E-state index contributed by atoms with van der Waals surface area (Å²) in [5.41, 5.74) is 1.33. The molecule has 1 aliphatic rings. The zero-order valence-corrected chi connectivity index (χ0v) is 16.9. The summed E-state index contributed by atoms with van der Waals surface area (Å²) in [6, 6.07) is 9.14. The summed E-state index contributed by atoms with van der Waals surface area (Å²) in [5, 5.41) is 9.40. The molecule has 152 valence electrons. The Labute approximate surface area is 170 Å².